The fourth-order valence-corrected chi connectivity index (χ4v) is 4.47. The SMILES string of the molecule is CCOC(=O)C(CC)n1/c(=N\C(=O)c2ccc3[nH]ccc3c2)sc2ccccc21. The number of H-pyrrole nitrogens is 1. The molecule has 6 nitrogen and oxygen atoms in total. The molecule has 4 aromatic rings. The third kappa shape index (κ3) is 3.61. The smallest absolute Gasteiger partial charge is 0.329 e. The minimum atomic E-state index is -0.537. The molecule has 0 aliphatic rings. The summed E-state index contributed by atoms with van der Waals surface area (Å²) in [5.41, 5.74) is 2.34. The Kier molecular flexibility index (Phi) is 5.31. The minimum absolute atomic E-state index is 0.306. The van der Waals surface area contributed by atoms with E-state index in [-0.39, 0.29) is 11.9 Å². The van der Waals surface area contributed by atoms with Gasteiger partial charge in [-0.1, -0.05) is 30.4 Å². The van der Waals surface area contributed by atoms with Crippen molar-refractivity contribution in [3.8, 4) is 0 Å². The Labute approximate surface area is 171 Å². The van der Waals surface area contributed by atoms with E-state index in [1.165, 1.54) is 11.3 Å². The zero-order chi connectivity index (χ0) is 20.4. The number of thiazole rings is 1. The van der Waals surface area contributed by atoms with Crippen LogP contribution < -0.4 is 4.80 Å². The zero-order valence-corrected chi connectivity index (χ0v) is 17.0. The van der Waals surface area contributed by atoms with E-state index in [1.807, 2.05) is 60.2 Å². The monoisotopic (exact) mass is 407 g/mol. The van der Waals surface area contributed by atoms with Crippen LogP contribution in [-0.2, 0) is 9.53 Å². The van der Waals surface area contributed by atoms with Gasteiger partial charge in [0.15, 0.2) is 4.80 Å². The van der Waals surface area contributed by atoms with Crippen molar-refractivity contribution in [1.29, 1.82) is 0 Å². The van der Waals surface area contributed by atoms with Crippen LogP contribution in [0.15, 0.2) is 59.7 Å². The van der Waals surface area contributed by atoms with Crippen molar-refractivity contribution in [1.82, 2.24) is 9.55 Å². The number of hydrogen-bond donors (Lipinski definition) is 1. The number of ether oxygens (including phenoxy) is 1. The summed E-state index contributed by atoms with van der Waals surface area (Å²) >= 11 is 1.39. The second-order valence-electron chi connectivity index (χ2n) is 6.60. The number of aromatic amines is 1. The highest BCUT2D eigenvalue weighted by atomic mass is 32.1. The van der Waals surface area contributed by atoms with Crippen LogP contribution in [0.3, 0.4) is 0 Å². The van der Waals surface area contributed by atoms with E-state index in [1.54, 1.807) is 13.0 Å². The Morgan fingerprint density at radius 3 is 2.79 bits per heavy atom. The largest absolute Gasteiger partial charge is 0.464 e. The Morgan fingerprint density at radius 1 is 1.17 bits per heavy atom. The van der Waals surface area contributed by atoms with Crippen molar-refractivity contribution in [2.75, 3.05) is 6.61 Å². The minimum Gasteiger partial charge on any atom is -0.464 e. The van der Waals surface area contributed by atoms with Gasteiger partial charge in [0.05, 0.1) is 16.8 Å². The van der Waals surface area contributed by atoms with Gasteiger partial charge in [0.25, 0.3) is 5.91 Å². The highest BCUT2D eigenvalue weighted by Crippen LogP contribution is 2.23. The first-order valence-electron chi connectivity index (χ1n) is 9.55. The lowest BCUT2D eigenvalue weighted by Crippen LogP contribution is -2.29. The van der Waals surface area contributed by atoms with Crippen molar-refractivity contribution in [3.63, 3.8) is 0 Å². The molecule has 0 bridgehead atoms. The van der Waals surface area contributed by atoms with E-state index in [0.717, 1.165) is 21.1 Å². The molecule has 0 aliphatic carbocycles. The standard InChI is InChI=1S/C22H21N3O3S/c1-3-17(21(27)28-4-2)25-18-7-5-6-8-19(18)29-22(25)24-20(26)15-9-10-16-14(13-15)11-12-23-16/h5-13,17,23H,3-4H2,1-2H3/b24-22+. The second kappa shape index (κ2) is 8.05. The molecule has 7 heteroatoms. The number of carbonyl (C=O) groups excluding carboxylic acids is 2. The van der Waals surface area contributed by atoms with Gasteiger partial charge in [-0.25, -0.2) is 4.79 Å². The molecule has 4 rings (SSSR count). The van der Waals surface area contributed by atoms with E-state index in [9.17, 15) is 9.59 Å². The van der Waals surface area contributed by atoms with Gasteiger partial charge in [-0.3, -0.25) is 4.79 Å². The van der Waals surface area contributed by atoms with Gasteiger partial charge in [-0.05, 0) is 49.7 Å². The first kappa shape index (κ1) is 19.1. The predicted octanol–water partition coefficient (Wildman–Crippen LogP) is 4.44. The lowest BCUT2D eigenvalue weighted by Gasteiger charge is -2.16. The van der Waals surface area contributed by atoms with E-state index in [2.05, 4.69) is 9.98 Å². The fourth-order valence-electron chi connectivity index (χ4n) is 3.40. The molecule has 0 aliphatic heterocycles. The number of fused-ring (bicyclic) bond motifs is 2. The first-order valence-corrected chi connectivity index (χ1v) is 10.4. The molecule has 148 valence electrons. The second-order valence-corrected chi connectivity index (χ2v) is 7.60. The van der Waals surface area contributed by atoms with Crippen LogP contribution in [0, 0.1) is 0 Å². The van der Waals surface area contributed by atoms with Gasteiger partial charge < -0.3 is 14.3 Å². The molecule has 1 amide bonds. The number of benzene rings is 2. The van der Waals surface area contributed by atoms with Crippen molar-refractivity contribution >= 4 is 44.3 Å². The Morgan fingerprint density at radius 2 is 2.00 bits per heavy atom. The molecule has 2 heterocycles. The summed E-state index contributed by atoms with van der Waals surface area (Å²) in [4.78, 5) is 33.5. The number of nitrogens with one attached hydrogen (secondary N) is 1. The molecule has 0 spiro atoms. The normalized spacial score (nSPS) is 13.1. The Bertz CT molecular complexity index is 1270. The number of rotatable bonds is 5. The molecule has 0 saturated carbocycles. The summed E-state index contributed by atoms with van der Waals surface area (Å²) in [5.74, 6) is -0.659. The average molecular weight is 407 g/mol. The molecular weight excluding hydrogens is 386 g/mol. The predicted molar refractivity (Wildman–Crippen MR) is 114 cm³/mol. The maximum Gasteiger partial charge on any atom is 0.329 e. The number of nitrogens with zero attached hydrogens (tertiary/aromatic N) is 2. The lowest BCUT2D eigenvalue weighted by molar-refractivity contribution is -0.147. The number of aromatic nitrogens is 2. The molecule has 0 saturated heterocycles. The van der Waals surface area contributed by atoms with E-state index in [0.29, 0.717) is 23.4 Å². The first-order chi connectivity index (χ1) is 14.1. The van der Waals surface area contributed by atoms with Gasteiger partial charge in [0.1, 0.15) is 6.04 Å². The maximum absolute atomic E-state index is 12.9. The average Bonchev–Trinajstić information content (AvgIpc) is 3.33. The summed E-state index contributed by atoms with van der Waals surface area (Å²) in [5, 5.41) is 0.952. The van der Waals surface area contributed by atoms with E-state index in [4.69, 9.17) is 4.74 Å². The summed E-state index contributed by atoms with van der Waals surface area (Å²) in [6.07, 6.45) is 2.37. The summed E-state index contributed by atoms with van der Waals surface area (Å²) in [6, 6.07) is 14.6. The van der Waals surface area contributed by atoms with Crippen molar-refractivity contribution in [3.05, 3.63) is 65.1 Å². The fraction of sp³-hybridized carbons (Fsp3) is 0.227. The Hall–Kier alpha value is -3.19. The summed E-state index contributed by atoms with van der Waals surface area (Å²) in [7, 11) is 0. The number of hydrogen-bond acceptors (Lipinski definition) is 4. The molecule has 0 radical (unpaired) electrons. The molecule has 1 N–H and O–H groups in total. The molecule has 2 aromatic heterocycles. The molecule has 2 aromatic carbocycles. The zero-order valence-electron chi connectivity index (χ0n) is 16.2. The highest BCUT2D eigenvalue weighted by molar-refractivity contribution is 7.16. The van der Waals surface area contributed by atoms with Crippen LogP contribution in [-0.4, -0.2) is 28.0 Å². The number of amides is 1. The van der Waals surface area contributed by atoms with Crippen molar-refractivity contribution < 1.29 is 14.3 Å². The molecule has 0 fully saturated rings. The summed E-state index contributed by atoms with van der Waals surface area (Å²) < 4.78 is 8.05. The lowest BCUT2D eigenvalue weighted by atomic mass is 10.1. The van der Waals surface area contributed by atoms with Gasteiger partial charge in [0, 0.05) is 22.7 Å². The quantitative estimate of drug-likeness (QED) is 0.497. The Balaban J connectivity index is 1.85. The number of para-hydroxylation sites is 1. The third-order valence-corrected chi connectivity index (χ3v) is 5.82. The van der Waals surface area contributed by atoms with Crippen LogP contribution in [0.1, 0.15) is 36.7 Å². The van der Waals surface area contributed by atoms with Gasteiger partial charge in [0.2, 0.25) is 0 Å². The van der Waals surface area contributed by atoms with Crippen LogP contribution in [0.4, 0.5) is 0 Å². The van der Waals surface area contributed by atoms with Crippen LogP contribution in [0.5, 0.6) is 0 Å². The maximum atomic E-state index is 12.9. The van der Waals surface area contributed by atoms with E-state index >= 15 is 0 Å². The van der Waals surface area contributed by atoms with Crippen molar-refractivity contribution in [2.24, 2.45) is 4.99 Å². The van der Waals surface area contributed by atoms with Gasteiger partial charge >= 0.3 is 5.97 Å². The van der Waals surface area contributed by atoms with E-state index < -0.39 is 6.04 Å². The number of esters is 1. The van der Waals surface area contributed by atoms with Crippen molar-refractivity contribution in [2.45, 2.75) is 26.3 Å². The van der Waals surface area contributed by atoms with Crippen LogP contribution in [0.2, 0.25) is 0 Å². The third-order valence-electron chi connectivity index (χ3n) is 4.79. The molecule has 29 heavy (non-hydrogen) atoms. The van der Waals surface area contributed by atoms with Crippen LogP contribution in [0.25, 0.3) is 21.1 Å². The molecule has 1 unspecified atom stereocenters. The van der Waals surface area contributed by atoms with Crippen LogP contribution >= 0.6 is 11.3 Å². The van der Waals surface area contributed by atoms with Gasteiger partial charge in [-0.15, -0.1) is 0 Å². The molecule has 1 atom stereocenters. The molecular formula is C22H21N3O3S. The summed E-state index contributed by atoms with van der Waals surface area (Å²) in [6.45, 7) is 4.01. The van der Waals surface area contributed by atoms with Gasteiger partial charge in [-0.2, -0.15) is 4.99 Å². The highest BCUT2D eigenvalue weighted by Gasteiger charge is 2.23. The topological polar surface area (TPSA) is 76.5 Å². The number of carbonyl (C=O) groups is 2.